The molecule has 29 heavy (non-hydrogen) atoms. The topological polar surface area (TPSA) is 107 Å². The van der Waals surface area contributed by atoms with Crippen LogP contribution in [0.2, 0.25) is 5.02 Å². The summed E-state index contributed by atoms with van der Waals surface area (Å²) in [4.78, 5) is 10.5. The molecule has 1 aliphatic rings. The van der Waals surface area contributed by atoms with Crippen molar-refractivity contribution >= 4 is 17.6 Å². The molecule has 1 saturated carbocycles. The molecule has 6 nitrogen and oxygen atoms in total. The number of allylic oxidation sites excluding steroid dienone is 2. The van der Waals surface area contributed by atoms with E-state index in [9.17, 15) is 20.1 Å². The minimum Gasteiger partial charge on any atom is -0.491 e. The van der Waals surface area contributed by atoms with Gasteiger partial charge in [-0.3, -0.25) is 4.79 Å². The molecular formula is C22H29ClO6. The lowest BCUT2D eigenvalue weighted by Crippen LogP contribution is -2.21. The van der Waals surface area contributed by atoms with Crippen LogP contribution in [0.1, 0.15) is 32.1 Å². The van der Waals surface area contributed by atoms with Crippen LogP contribution in [0.3, 0.4) is 0 Å². The zero-order chi connectivity index (χ0) is 21.2. The Bertz CT molecular complexity index is 704. The van der Waals surface area contributed by atoms with Gasteiger partial charge in [0.25, 0.3) is 0 Å². The first kappa shape index (κ1) is 23.4. The predicted octanol–water partition coefficient (Wildman–Crippen LogP) is 3.20. The average Bonchev–Trinajstić information content (AvgIpc) is 2.93. The number of hydrogen-bond acceptors (Lipinski definition) is 5. The van der Waals surface area contributed by atoms with E-state index < -0.39 is 24.3 Å². The molecule has 0 radical (unpaired) electrons. The fourth-order valence-corrected chi connectivity index (χ4v) is 3.68. The number of halogens is 1. The summed E-state index contributed by atoms with van der Waals surface area (Å²) in [5.41, 5.74) is 0. The number of aliphatic carboxylic acids is 1. The quantitative estimate of drug-likeness (QED) is 0.321. The van der Waals surface area contributed by atoms with Crippen LogP contribution in [0.5, 0.6) is 5.75 Å². The second kappa shape index (κ2) is 12.0. The maximum Gasteiger partial charge on any atom is 0.303 e. The van der Waals surface area contributed by atoms with Gasteiger partial charge in [-0.05, 0) is 43.4 Å². The highest BCUT2D eigenvalue weighted by molar-refractivity contribution is 6.30. The third-order valence-electron chi connectivity index (χ3n) is 5.02. The number of rotatable bonds is 11. The monoisotopic (exact) mass is 424 g/mol. The molecule has 160 valence electrons. The standard InChI is InChI=1S/C22H29ClO6/c23-15-6-5-7-17(12-15)29-14-16(24)10-11-19-18(20(25)13-21(19)26)8-3-1-2-4-9-22(27)28/h1,3,5-7,10-12,16,18-21,24-26H,2,4,8-9,13-14H2,(H,27,28)/b3-1-,11-10+/t16?,18-,19-,20+,21-/m1/s1. The molecule has 0 bridgehead atoms. The molecule has 1 aliphatic carbocycles. The number of hydrogen-bond donors (Lipinski definition) is 4. The molecule has 0 aliphatic heterocycles. The predicted molar refractivity (Wildman–Crippen MR) is 111 cm³/mol. The number of carboxylic acids is 1. The Hall–Kier alpha value is -1.86. The molecule has 0 saturated heterocycles. The zero-order valence-corrected chi connectivity index (χ0v) is 17.0. The first-order valence-corrected chi connectivity index (χ1v) is 10.2. The van der Waals surface area contributed by atoms with E-state index in [1.807, 2.05) is 12.2 Å². The SMILES string of the molecule is O=C(O)CCC/C=C\C[C@@H]1[C@@H](/C=C/C(O)COc2cccc(Cl)c2)[C@H](O)C[C@@H]1O. The van der Waals surface area contributed by atoms with E-state index in [1.54, 1.807) is 36.4 Å². The summed E-state index contributed by atoms with van der Waals surface area (Å²) < 4.78 is 5.51. The van der Waals surface area contributed by atoms with Gasteiger partial charge in [-0.25, -0.2) is 0 Å². The highest BCUT2D eigenvalue weighted by Gasteiger charge is 2.39. The van der Waals surface area contributed by atoms with Crippen molar-refractivity contribution in [2.45, 2.75) is 50.4 Å². The molecule has 4 N–H and O–H groups in total. The van der Waals surface area contributed by atoms with E-state index >= 15 is 0 Å². The summed E-state index contributed by atoms with van der Waals surface area (Å²) >= 11 is 5.90. The lowest BCUT2D eigenvalue weighted by Gasteiger charge is -2.19. The van der Waals surface area contributed by atoms with Crippen LogP contribution in [-0.4, -0.2) is 51.3 Å². The maximum atomic E-state index is 10.5. The van der Waals surface area contributed by atoms with Crippen molar-refractivity contribution in [2.24, 2.45) is 11.8 Å². The van der Waals surface area contributed by atoms with Gasteiger partial charge in [0, 0.05) is 23.8 Å². The number of carbonyl (C=O) groups is 1. The number of benzene rings is 1. The van der Waals surface area contributed by atoms with Crippen LogP contribution in [0, 0.1) is 11.8 Å². The molecule has 0 amide bonds. The van der Waals surface area contributed by atoms with E-state index in [2.05, 4.69) is 0 Å². The average molecular weight is 425 g/mol. The van der Waals surface area contributed by atoms with Crippen molar-refractivity contribution in [1.82, 2.24) is 0 Å². The number of aliphatic hydroxyl groups excluding tert-OH is 3. The van der Waals surface area contributed by atoms with Gasteiger partial charge in [0.1, 0.15) is 18.5 Å². The van der Waals surface area contributed by atoms with Crippen molar-refractivity contribution in [3.63, 3.8) is 0 Å². The fraction of sp³-hybridized carbons (Fsp3) is 0.500. The summed E-state index contributed by atoms with van der Waals surface area (Å²) in [5, 5.41) is 39.8. The first-order chi connectivity index (χ1) is 13.9. The van der Waals surface area contributed by atoms with Crippen LogP contribution in [0.25, 0.3) is 0 Å². The van der Waals surface area contributed by atoms with Crippen LogP contribution in [-0.2, 0) is 4.79 Å². The van der Waals surface area contributed by atoms with Gasteiger partial charge >= 0.3 is 5.97 Å². The van der Waals surface area contributed by atoms with Crippen LogP contribution >= 0.6 is 11.6 Å². The second-order valence-corrected chi connectivity index (χ2v) is 7.76. The summed E-state index contributed by atoms with van der Waals surface area (Å²) in [5.74, 6) is -0.671. The van der Waals surface area contributed by atoms with Crippen molar-refractivity contribution in [3.05, 3.63) is 53.6 Å². The smallest absolute Gasteiger partial charge is 0.303 e. The van der Waals surface area contributed by atoms with Crippen molar-refractivity contribution in [2.75, 3.05) is 6.61 Å². The van der Waals surface area contributed by atoms with E-state index in [1.165, 1.54) is 0 Å². The molecule has 1 fully saturated rings. The maximum absolute atomic E-state index is 10.5. The van der Waals surface area contributed by atoms with E-state index in [4.69, 9.17) is 21.4 Å². The molecule has 1 aromatic rings. The summed E-state index contributed by atoms with van der Waals surface area (Å²) in [6.07, 6.45) is 7.26. The minimum absolute atomic E-state index is 0.0519. The van der Waals surface area contributed by atoms with Crippen molar-refractivity contribution in [3.8, 4) is 5.75 Å². The largest absolute Gasteiger partial charge is 0.491 e. The van der Waals surface area contributed by atoms with Crippen molar-refractivity contribution in [1.29, 1.82) is 0 Å². The first-order valence-electron chi connectivity index (χ1n) is 9.84. The van der Waals surface area contributed by atoms with Crippen LogP contribution in [0.4, 0.5) is 0 Å². The van der Waals surface area contributed by atoms with Crippen LogP contribution in [0.15, 0.2) is 48.6 Å². The number of unbranched alkanes of at least 4 members (excludes halogenated alkanes) is 1. The molecule has 0 heterocycles. The third kappa shape index (κ3) is 8.19. The molecule has 0 spiro atoms. The van der Waals surface area contributed by atoms with Gasteiger partial charge < -0.3 is 25.2 Å². The second-order valence-electron chi connectivity index (χ2n) is 7.33. The number of ether oxygens (including phenoxy) is 1. The van der Waals surface area contributed by atoms with E-state index in [0.717, 1.165) is 0 Å². The van der Waals surface area contributed by atoms with Gasteiger partial charge in [-0.2, -0.15) is 0 Å². The van der Waals surface area contributed by atoms with Gasteiger partial charge in [0.05, 0.1) is 12.2 Å². The molecule has 1 unspecified atom stereocenters. The Kier molecular flexibility index (Phi) is 9.67. The van der Waals surface area contributed by atoms with E-state index in [0.29, 0.717) is 36.5 Å². The Morgan fingerprint density at radius 3 is 2.79 bits per heavy atom. The number of carboxylic acid groups (broad SMARTS) is 1. The Morgan fingerprint density at radius 2 is 2.07 bits per heavy atom. The molecule has 5 atom stereocenters. The highest BCUT2D eigenvalue weighted by Crippen LogP contribution is 2.36. The van der Waals surface area contributed by atoms with Crippen molar-refractivity contribution < 1.29 is 30.0 Å². The van der Waals surface area contributed by atoms with Gasteiger partial charge in [0.15, 0.2) is 0 Å². The highest BCUT2D eigenvalue weighted by atomic mass is 35.5. The van der Waals surface area contributed by atoms with Gasteiger partial charge in [0.2, 0.25) is 0 Å². The summed E-state index contributed by atoms with van der Waals surface area (Å²) in [7, 11) is 0. The molecule has 1 aromatic carbocycles. The Morgan fingerprint density at radius 1 is 1.28 bits per heavy atom. The Labute approximate surface area is 176 Å². The van der Waals surface area contributed by atoms with Gasteiger partial charge in [-0.1, -0.05) is 42.0 Å². The molecule has 2 rings (SSSR count). The van der Waals surface area contributed by atoms with Crippen LogP contribution < -0.4 is 4.74 Å². The lowest BCUT2D eigenvalue weighted by atomic mass is 9.89. The molecule has 7 heteroatoms. The fourth-order valence-electron chi connectivity index (χ4n) is 3.50. The molecular weight excluding hydrogens is 396 g/mol. The normalized spacial score (nSPS) is 25.7. The lowest BCUT2D eigenvalue weighted by molar-refractivity contribution is -0.137. The summed E-state index contributed by atoms with van der Waals surface area (Å²) in [6, 6.07) is 6.90. The van der Waals surface area contributed by atoms with E-state index in [-0.39, 0.29) is 24.9 Å². The summed E-state index contributed by atoms with van der Waals surface area (Å²) in [6.45, 7) is 0.0519. The minimum atomic E-state index is -0.855. The third-order valence-corrected chi connectivity index (χ3v) is 5.26. The zero-order valence-electron chi connectivity index (χ0n) is 16.2. The number of aliphatic hydroxyl groups is 3. The molecule has 0 aromatic heterocycles. The van der Waals surface area contributed by atoms with Gasteiger partial charge in [-0.15, -0.1) is 0 Å². The Balaban J connectivity index is 1.83.